The van der Waals surface area contributed by atoms with E-state index in [2.05, 4.69) is 59.5 Å². The molecule has 0 N–H and O–H groups in total. The second kappa shape index (κ2) is 19.4. The van der Waals surface area contributed by atoms with Crippen LogP contribution in [0, 0.1) is 12.1 Å². The summed E-state index contributed by atoms with van der Waals surface area (Å²) in [6.45, 7) is 16.2. The van der Waals surface area contributed by atoms with Gasteiger partial charge >= 0.3 is 26.2 Å². The molecule has 0 nitrogen and oxygen atoms in total. The zero-order chi connectivity index (χ0) is 20.5. The normalized spacial score (nSPS) is 17.5. The van der Waals surface area contributed by atoms with Gasteiger partial charge in [-0.3, -0.25) is 6.08 Å². The fourth-order valence-corrected chi connectivity index (χ4v) is 5.41. The van der Waals surface area contributed by atoms with Gasteiger partial charge in [0.15, 0.2) is 0 Å². The minimum Gasteiger partial charge on any atom is -0.272 e. The maximum atomic E-state index is 3.54. The van der Waals surface area contributed by atoms with Gasteiger partial charge in [-0.25, -0.2) is 22.8 Å². The van der Waals surface area contributed by atoms with Crippen molar-refractivity contribution >= 4 is 8.07 Å². The molecule has 0 spiro atoms. The minimum atomic E-state index is -1.13. The maximum Gasteiger partial charge on any atom is 4.00 e. The Bertz CT molecular complexity index is 381. The molecule has 2 heteroatoms. The number of hydrogen-bond acceptors (Lipinski definition) is 0. The van der Waals surface area contributed by atoms with Crippen LogP contribution in [-0.4, -0.2) is 8.07 Å². The molecule has 0 aliphatic heterocycles. The molecule has 160 valence electrons. The van der Waals surface area contributed by atoms with E-state index in [9.17, 15) is 0 Å². The molecular weight excluding hydrogens is 432 g/mol. The fraction of sp³-hybridized carbons (Fsp3) is 0.808. The average Bonchev–Trinajstić information content (AvgIpc) is 3.37. The molecule has 0 atom stereocenters. The molecule has 0 heterocycles. The van der Waals surface area contributed by atoms with Crippen molar-refractivity contribution in [1.29, 1.82) is 0 Å². The topological polar surface area (TPSA) is 0 Å². The Kier molecular flexibility index (Phi) is 21.2. The minimum absolute atomic E-state index is 0. The summed E-state index contributed by atoms with van der Waals surface area (Å²) in [6, 6.07) is 2.57. The SMILES string of the molecule is C1CCCC1.C1CCCC1.CC[C-]=C(CC)/C(CC)=C(\[CH-][Si](C)(C)C)CC.[Zr+4]. The second-order valence-corrected chi connectivity index (χ2v) is 14.1. The summed E-state index contributed by atoms with van der Waals surface area (Å²) in [4.78, 5) is 0. The van der Waals surface area contributed by atoms with Crippen LogP contribution in [0.15, 0.2) is 16.7 Å². The van der Waals surface area contributed by atoms with Crippen LogP contribution in [0.3, 0.4) is 0 Å². The van der Waals surface area contributed by atoms with Crippen LogP contribution < -0.4 is 0 Å². The largest absolute Gasteiger partial charge is 4.00 e. The zero-order valence-electron chi connectivity index (χ0n) is 20.5. The van der Waals surface area contributed by atoms with Gasteiger partial charge in [0.25, 0.3) is 0 Å². The van der Waals surface area contributed by atoms with Crippen molar-refractivity contribution in [3.8, 4) is 0 Å². The van der Waals surface area contributed by atoms with Crippen molar-refractivity contribution < 1.29 is 26.2 Å². The fourth-order valence-electron chi connectivity index (χ4n) is 3.99. The van der Waals surface area contributed by atoms with E-state index in [0.717, 1.165) is 25.7 Å². The van der Waals surface area contributed by atoms with Crippen LogP contribution >= 0.6 is 0 Å². The first-order valence-corrected chi connectivity index (χ1v) is 15.6. The zero-order valence-corrected chi connectivity index (χ0v) is 23.9. The van der Waals surface area contributed by atoms with Crippen LogP contribution in [0.25, 0.3) is 0 Å². The van der Waals surface area contributed by atoms with E-state index in [4.69, 9.17) is 0 Å². The molecule has 0 radical (unpaired) electrons. The van der Waals surface area contributed by atoms with Crippen molar-refractivity contribution in [3.05, 3.63) is 28.8 Å². The third kappa shape index (κ3) is 16.3. The van der Waals surface area contributed by atoms with Gasteiger partial charge < -0.3 is 0 Å². The molecule has 2 aliphatic carbocycles. The molecule has 0 aromatic carbocycles. The van der Waals surface area contributed by atoms with Gasteiger partial charge in [-0.05, 0) is 8.07 Å². The van der Waals surface area contributed by atoms with Crippen LogP contribution in [0.2, 0.25) is 19.6 Å². The molecule has 0 aromatic heterocycles. The predicted octanol–water partition coefficient (Wildman–Crippen LogP) is 9.63. The molecule has 0 amide bonds. The summed E-state index contributed by atoms with van der Waals surface area (Å²) < 4.78 is 0. The van der Waals surface area contributed by atoms with Gasteiger partial charge in [0.05, 0.1) is 0 Å². The Balaban J connectivity index is 0. The standard InChI is InChI=1S/C16H30Si.2C5H10.Zr/c1-8-12-14(9-2)16(11-4)15(10-3)13-17(5,6)7;2*1-2-4-5-3-1;/h13H,8-11H2,1-7H3;2*1-5H2;/q-2;;;+4/b16-15-;;;. The molecule has 0 bridgehead atoms. The van der Waals surface area contributed by atoms with Gasteiger partial charge in [0, 0.05) is 0 Å². The Morgan fingerprint density at radius 3 is 1.29 bits per heavy atom. The molecule has 2 rings (SSSR count). The van der Waals surface area contributed by atoms with Crippen molar-refractivity contribution in [2.75, 3.05) is 0 Å². The van der Waals surface area contributed by atoms with Crippen molar-refractivity contribution in [3.63, 3.8) is 0 Å². The Morgan fingerprint density at radius 2 is 1.07 bits per heavy atom. The Hall–Kier alpha value is 0.450. The van der Waals surface area contributed by atoms with E-state index in [0.29, 0.717) is 0 Å². The summed E-state index contributed by atoms with van der Waals surface area (Å²) in [5, 5.41) is 0. The monoisotopic (exact) mass is 480 g/mol. The van der Waals surface area contributed by atoms with Crippen molar-refractivity contribution in [2.45, 2.75) is 137 Å². The molecule has 0 aromatic rings. The van der Waals surface area contributed by atoms with Gasteiger partial charge in [0.2, 0.25) is 0 Å². The number of rotatable bonds is 7. The summed E-state index contributed by atoms with van der Waals surface area (Å²) >= 11 is 0. The molecule has 0 unspecified atom stereocenters. The van der Waals surface area contributed by atoms with E-state index in [1.165, 1.54) is 69.8 Å². The predicted molar refractivity (Wildman–Crippen MR) is 129 cm³/mol. The van der Waals surface area contributed by atoms with E-state index < -0.39 is 8.07 Å². The third-order valence-corrected chi connectivity index (χ3v) is 6.55. The Labute approximate surface area is 199 Å². The smallest absolute Gasteiger partial charge is 0.272 e. The molecular formula is C26H50SiZr+2. The summed E-state index contributed by atoms with van der Waals surface area (Å²) in [5.41, 5.74) is 4.57. The quantitative estimate of drug-likeness (QED) is 0.193. The molecule has 0 saturated heterocycles. The van der Waals surface area contributed by atoms with E-state index in [1.54, 1.807) is 11.1 Å². The second-order valence-electron chi connectivity index (χ2n) is 9.12. The van der Waals surface area contributed by atoms with Crippen LogP contribution in [0.5, 0.6) is 0 Å². The van der Waals surface area contributed by atoms with Gasteiger partial charge in [-0.1, -0.05) is 131 Å². The van der Waals surface area contributed by atoms with Crippen molar-refractivity contribution in [1.82, 2.24) is 0 Å². The molecule has 2 saturated carbocycles. The van der Waals surface area contributed by atoms with Crippen molar-refractivity contribution in [2.24, 2.45) is 0 Å². The summed E-state index contributed by atoms with van der Waals surface area (Å²) in [5.74, 6) is 0. The van der Waals surface area contributed by atoms with Gasteiger partial charge in [0.1, 0.15) is 0 Å². The van der Waals surface area contributed by atoms with Gasteiger partial charge in [-0.15, -0.1) is 6.42 Å². The van der Waals surface area contributed by atoms with Gasteiger partial charge in [-0.2, -0.15) is 0 Å². The van der Waals surface area contributed by atoms with Crippen LogP contribution in [0.4, 0.5) is 0 Å². The average molecular weight is 482 g/mol. The van der Waals surface area contributed by atoms with E-state index in [1.807, 2.05) is 0 Å². The molecule has 28 heavy (non-hydrogen) atoms. The summed E-state index contributed by atoms with van der Waals surface area (Å²) in [7, 11) is -1.13. The first kappa shape index (κ1) is 30.6. The van der Waals surface area contributed by atoms with Crippen LogP contribution in [-0.2, 0) is 26.2 Å². The summed E-state index contributed by atoms with van der Waals surface area (Å²) in [6.07, 6.45) is 23.0. The van der Waals surface area contributed by atoms with E-state index >= 15 is 0 Å². The first-order valence-electron chi connectivity index (χ1n) is 12.1. The third-order valence-electron chi connectivity index (χ3n) is 5.34. The maximum absolute atomic E-state index is 3.54. The first-order chi connectivity index (χ1) is 12.9. The number of hydrogen-bond donors (Lipinski definition) is 0. The molecule has 2 fully saturated rings. The van der Waals surface area contributed by atoms with E-state index in [-0.39, 0.29) is 26.2 Å². The van der Waals surface area contributed by atoms with Crippen LogP contribution in [0.1, 0.15) is 118 Å². The number of allylic oxidation sites excluding steroid dienone is 4. The molecule has 2 aliphatic rings. The Morgan fingerprint density at radius 1 is 0.679 bits per heavy atom.